The first-order valence-corrected chi connectivity index (χ1v) is 13.3. The Balaban J connectivity index is 0.00000380. The molecule has 3 heterocycles. The Morgan fingerprint density at radius 3 is 2.70 bits per heavy atom. The normalized spacial score (nSPS) is 20.7. The molecular formula is C29H45N3O5. The van der Waals surface area contributed by atoms with Crippen LogP contribution in [0.4, 0.5) is 5.69 Å². The Labute approximate surface area is 222 Å². The van der Waals surface area contributed by atoms with Gasteiger partial charge in [0.25, 0.3) is 11.8 Å². The molecule has 4 rings (SSSR count). The van der Waals surface area contributed by atoms with Gasteiger partial charge in [0.2, 0.25) is 0 Å². The molecule has 1 N–H and O–H groups in total. The molecule has 1 aromatic carbocycles. The smallest absolute Gasteiger partial charge is 0.271 e. The van der Waals surface area contributed by atoms with E-state index in [9.17, 15) is 9.59 Å². The van der Waals surface area contributed by atoms with Crippen LogP contribution in [0.25, 0.3) is 6.08 Å². The fourth-order valence-electron chi connectivity index (χ4n) is 5.63. The number of hydrogen-bond donors (Lipinski definition) is 1. The molecule has 3 aliphatic rings. The highest BCUT2D eigenvalue weighted by molar-refractivity contribution is 6.06. The highest BCUT2D eigenvalue weighted by Crippen LogP contribution is 2.44. The number of unbranched alkanes of at least 4 members (excludes halogenated alkanes) is 1. The van der Waals surface area contributed by atoms with Gasteiger partial charge in [-0.3, -0.25) is 9.59 Å². The van der Waals surface area contributed by atoms with Crippen molar-refractivity contribution >= 4 is 23.6 Å². The third-order valence-corrected chi connectivity index (χ3v) is 7.55. The van der Waals surface area contributed by atoms with Crippen molar-refractivity contribution in [2.75, 3.05) is 51.5 Å². The van der Waals surface area contributed by atoms with Crippen LogP contribution < -0.4 is 15.0 Å². The van der Waals surface area contributed by atoms with Gasteiger partial charge in [0.1, 0.15) is 5.75 Å². The molecule has 206 valence electrons. The second-order valence-corrected chi connectivity index (χ2v) is 10.3. The van der Waals surface area contributed by atoms with Crippen LogP contribution in [0.15, 0.2) is 18.7 Å². The van der Waals surface area contributed by atoms with Crippen LogP contribution in [0, 0.1) is 0 Å². The van der Waals surface area contributed by atoms with Crippen LogP contribution in [0.3, 0.4) is 0 Å². The van der Waals surface area contributed by atoms with Crippen LogP contribution in [-0.2, 0) is 14.3 Å². The number of nitrogens with zero attached hydrogens (tertiary/aromatic N) is 2. The molecule has 3 aliphatic heterocycles. The topological polar surface area (TPSA) is 80.3 Å². The molecule has 0 aliphatic carbocycles. The van der Waals surface area contributed by atoms with Crippen molar-refractivity contribution < 1.29 is 23.8 Å². The zero-order valence-corrected chi connectivity index (χ0v) is 22.0. The van der Waals surface area contributed by atoms with Gasteiger partial charge in [-0.2, -0.15) is 0 Å². The van der Waals surface area contributed by atoms with Gasteiger partial charge in [-0.15, -0.1) is 0 Å². The van der Waals surface area contributed by atoms with Gasteiger partial charge in [0, 0.05) is 57.3 Å². The van der Waals surface area contributed by atoms with Crippen LogP contribution in [0.2, 0.25) is 0 Å². The Bertz CT molecular complexity index is 951. The van der Waals surface area contributed by atoms with Crippen LogP contribution in [-0.4, -0.2) is 81.0 Å². The van der Waals surface area contributed by atoms with Gasteiger partial charge >= 0.3 is 0 Å². The number of amides is 2. The zero-order chi connectivity index (χ0) is 25.7. The number of carbonyl (C=O) groups excluding carboxylic acids is 2. The molecule has 1 aromatic rings. The fourth-order valence-corrected chi connectivity index (χ4v) is 5.63. The minimum absolute atomic E-state index is 0. The molecule has 0 aromatic heterocycles. The molecule has 37 heavy (non-hydrogen) atoms. The SMILES string of the molecule is C.C=Cc1cc2c(cc1C(=O)N(C(C)C)[C@@H]1CCCNC1)N(CCCCOC)C(=O)C1(CCOCC1)O2. The van der Waals surface area contributed by atoms with E-state index in [0.29, 0.717) is 56.2 Å². The first-order valence-electron chi connectivity index (χ1n) is 13.3. The van der Waals surface area contributed by atoms with E-state index in [1.54, 1.807) is 13.2 Å². The maximum absolute atomic E-state index is 14.0. The van der Waals surface area contributed by atoms with E-state index < -0.39 is 5.60 Å². The highest BCUT2D eigenvalue weighted by Gasteiger charge is 2.49. The summed E-state index contributed by atoms with van der Waals surface area (Å²) in [7, 11) is 1.68. The monoisotopic (exact) mass is 515 g/mol. The maximum atomic E-state index is 14.0. The lowest BCUT2D eigenvalue weighted by atomic mass is 9.89. The number of piperidine rings is 1. The lowest BCUT2D eigenvalue weighted by Gasteiger charge is -2.45. The Hall–Kier alpha value is -2.42. The Kier molecular flexibility index (Phi) is 10.2. The standard InChI is InChI=1S/C28H41N3O5.CH4/c1-5-21-17-25-24(18-23(21)26(32)31(20(2)3)22-9-8-12-29-19-22)30(13-6-7-14-34-4)27(33)28(36-25)10-15-35-16-11-28;/h5,17-18,20,22,29H,1,6-16,19H2,2-4H3;1H4/t22-;/m1./s1. The summed E-state index contributed by atoms with van der Waals surface area (Å²) in [5, 5.41) is 3.43. The van der Waals surface area contributed by atoms with Crippen LogP contribution in [0.5, 0.6) is 5.75 Å². The number of ether oxygens (including phenoxy) is 3. The van der Waals surface area contributed by atoms with Crippen LogP contribution in [0.1, 0.15) is 75.7 Å². The molecule has 8 nitrogen and oxygen atoms in total. The van der Waals surface area contributed by atoms with Crippen molar-refractivity contribution in [3.05, 3.63) is 29.8 Å². The molecular weight excluding hydrogens is 470 g/mol. The summed E-state index contributed by atoms with van der Waals surface area (Å²) >= 11 is 0. The fraction of sp³-hybridized carbons (Fsp3) is 0.655. The molecule has 0 saturated carbocycles. The number of fused-ring (bicyclic) bond motifs is 1. The lowest BCUT2D eigenvalue weighted by molar-refractivity contribution is -0.144. The first kappa shape index (κ1) is 29.1. The summed E-state index contributed by atoms with van der Waals surface area (Å²) in [6, 6.07) is 3.91. The van der Waals surface area contributed by atoms with E-state index in [1.165, 1.54) is 0 Å². The summed E-state index contributed by atoms with van der Waals surface area (Å²) in [6.45, 7) is 12.0. The first-order chi connectivity index (χ1) is 17.4. The summed E-state index contributed by atoms with van der Waals surface area (Å²) in [5.41, 5.74) is 1.02. The molecule has 2 fully saturated rings. The predicted molar refractivity (Wildman–Crippen MR) is 147 cm³/mol. The number of benzene rings is 1. The van der Waals surface area contributed by atoms with E-state index in [1.807, 2.05) is 21.9 Å². The minimum atomic E-state index is -0.922. The highest BCUT2D eigenvalue weighted by atomic mass is 16.5. The van der Waals surface area contributed by atoms with Crippen LogP contribution >= 0.6 is 0 Å². The summed E-state index contributed by atoms with van der Waals surface area (Å²) in [6.07, 6.45) is 6.40. The number of nitrogens with one attached hydrogen (secondary N) is 1. The molecule has 2 saturated heterocycles. The van der Waals surface area contributed by atoms with Gasteiger partial charge in [0.05, 0.1) is 18.9 Å². The number of anilines is 1. The molecule has 0 bridgehead atoms. The number of rotatable bonds is 9. The molecule has 0 radical (unpaired) electrons. The number of carbonyl (C=O) groups is 2. The predicted octanol–water partition coefficient (Wildman–Crippen LogP) is 4.27. The van der Waals surface area contributed by atoms with E-state index in [4.69, 9.17) is 14.2 Å². The Morgan fingerprint density at radius 2 is 2.08 bits per heavy atom. The summed E-state index contributed by atoms with van der Waals surface area (Å²) in [4.78, 5) is 31.7. The maximum Gasteiger partial charge on any atom is 0.271 e. The van der Waals surface area contributed by atoms with Gasteiger partial charge in [-0.05, 0) is 63.8 Å². The third kappa shape index (κ3) is 6.02. The van der Waals surface area contributed by atoms with Gasteiger partial charge in [0.15, 0.2) is 5.60 Å². The van der Waals surface area contributed by atoms with E-state index in [0.717, 1.165) is 44.3 Å². The molecule has 2 amide bonds. The minimum Gasteiger partial charge on any atom is -0.475 e. The molecule has 8 heteroatoms. The van der Waals surface area contributed by atoms with Crippen molar-refractivity contribution in [3.63, 3.8) is 0 Å². The van der Waals surface area contributed by atoms with Crippen molar-refractivity contribution in [1.82, 2.24) is 10.2 Å². The summed E-state index contributed by atoms with van der Waals surface area (Å²) in [5.74, 6) is 0.553. The zero-order valence-electron chi connectivity index (χ0n) is 22.0. The van der Waals surface area contributed by atoms with E-state index in [2.05, 4.69) is 25.7 Å². The summed E-state index contributed by atoms with van der Waals surface area (Å²) < 4.78 is 17.2. The molecule has 0 unspecified atom stereocenters. The van der Waals surface area contributed by atoms with Gasteiger partial charge < -0.3 is 29.3 Å². The number of methoxy groups -OCH3 is 1. The van der Waals surface area contributed by atoms with Crippen molar-refractivity contribution in [1.29, 1.82) is 0 Å². The van der Waals surface area contributed by atoms with Crippen molar-refractivity contribution in [3.8, 4) is 5.75 Å². The Morgan fingerprint density at radius 1 is 1.32 bits per heavy atom. The quantitative estimate of drug-likeness (QED) is 0.495. The molecule has 1 atom stereocenters. The van der Waals surface area contributed by atoms with E-state index >= 15 is 0 Å². The van der Waals surface area contributed by atoms with Crippen molar-refractivity contribution in [2.45, 2.75) is 77.5 Å². The third-order valence-electron chi connectivity index (χ3n) is 7.55. The second-order valence-electron chi connectivity index (χ2n) is 10.3. The lowest BCUT2D eigenvalue weighted by Crippen LogP contribution is -2.59. The van der Waals surface area contributed by atoms with Gasteiger partial charge in [-0.1, -0.05) is 20.1 Å². The average molecular weight is 516 g/mol. The van der Waals surface area contributed by atoms with Crippen molar-refractivity contribution in [2.24, 2.45) is 0 Å². The molecule has 1 spiro atoms. The average Bonchev–Trinajstić information content (AvgIpc) is 2.89. The van der Waals surface area contributed by atoms with E-state index in [-0.39, 0.29) is 31.3 Å². The number of hydrogen-bond acceptors (Lipinski definition) is 6. The van der Waals surface area contributed by atoms with Gasteiger partial charge in [-0.25, -0.2) is 0 Å². The largest absolute Gasteiger partial charge is 0.475 e. The second kappa shape index (κ2) is 12.9.